The van der Waals surface area contributed by atoms with Gasteiger partial charge in [-0.25, -0.2) is 0 Å². The first-order chi connectivity index (χ1) is 8.26. The number of hydrogen-bond acceptors (Lipinski definition) is 3. The molecule has 0 saturated heterocycles. The number of nitrogens with zero attached hydrogens (tertiary/aromatic N) is 1. The fraction of sp³-hybridized carbons (Fsp3) is 0.929. The molecule has 0 bridgehead atoms. The van der Waals surface area contributed by atoms with Crippen LogP contribution in [0, 0.1) is 17.2 Å². The van der Waals surface area contributed by atoms with Crippen LogP contribution < -0.4 is 5.32 Å². The Morgan fingerprint density at radius 3 is 2.88 bits per heavy atom. The van der Waals surface area contributed by atoms with E-state index in [0.29, 0.717) is 0 Å². The second kappa shape index (κ2) is 7.68. The van der Waals surface area contributed by atoms with Gasteiger partial charge in [0.05, 0.1) is 6.07 Å². The molecule has 1 rings (SSSR count). The van der Waals surface area contributed by atoms with E-state index in [9.17, 15) is 5.26 Å². The zero-order chi connectivity index (χ0) is 12.6. The largest absolute Gasteiger partial charge is 0.396 e. The highest BCUT2D eigenvalue weighted by molar-refractivity contribution is 5.08. The molecule has 17 heavy (non-hydrogen) atoms. The van der Waals surface area contributed by atoms with Crippen molar-refractivity contribution in [3.05, 3.63) is 0 Å². The topological polar surface area (TPSA) is 56.0 Å². The molecule has 0 aromatic heterocycles. The zero-order valence-electron chi connectivity index (χ0n) is 11.0. The van der Waals surface area contributed by atoms with Crippen molar-refractivity contribution in [1.29, 1.82) is 5.26 Å². The molecule has 1 fully saturated rings. The summed E-state index contributed by atoms with van der Waals surface area (Å²) in [4.78, 5) is 0. The molecule has 0 amide bonds. The molecular weight excluding hydrogens is 212 g/mol. The number of hydrogen-bond donors (Lipinski definition) is 2. The highest BCUT2D eigenvalue weighted by atomic mass is 16.3. The van der Waals surface area contributed by atoms with Gasteiger partial charge in [-0.2, -0.15) is 5.26 Å². The van der Waals surface area contributed by atoms with Gasteiger partial charge in [-0.3, -0.25) is 5.32 Å². The van der Waals surface area contributed by atoms with Gasteiger partial charge in [-0.15, -0.1) is 0 Å². The molecule has 0 aromatic carbocycles. The van der Waals surface area contributed by atoms with Crippen molar-refractivity contribution < 1.29 is 5.11 Å². The first kappa shape index (κ1) is 14.5. The minimum Gasteiger partial charge on any atom is -0.396 e. The molecule has 1 aliphatic carbocycles. The molecule has 1 aliphatic rings. The van der Waals surface area contributed by atoms with Gasteiger partial charge in [0.25, 0.3) is 0 Å². The molecule has 0 aromatic rings. The van der Waals surface area contributed by atoms with E-state index in [1.54, 1.807) is 0 Å². The van der Waals surface area contributed by atoms with Gasteiger partial charge in [0.2, 0.25) is 0 Å². The van der Waals surface area contributed by atoms with E-state index in [4.69, 9.17) is 5.11 Å². The zero-order valence-corrected chi connectivity index (χ0v) is 11.0. The third-order valence-electron chi connectivity index (χ3n) is 3.90. The number of aliphatic hydroxyl groups is 1. The predicted molar refractivity (Wildman–Crippen MR) is 69.5 cm³/mol. The van der Waals surface area contributed by atoms with Crippen molar-refractivity contribution in [2.24, 2.45) is 5.92 Å². The molecule has 2 N–H and O–H groups in total. The van der Waals surface area contributed by atoms with Crippen molar-refractivity contribution in [2.45, 2.75) is 63.8 Å². The molecule has 0 aliphatic heterocycles. The van der Waals surface area contributed by atoms with Crippen LogP contribution >= 0.6 is 0 Å². The second-order valence-corrected chi connectivity index (χ2v) is 5.28. The summed E-state index contributed by atoms with van der Waals surface area (Å²) in [6.07, 6.45) is 8.84. The van der Waals surface area contributed by atoms with E-state index in [0.717, 1.165) is 38.1 Å². The lowest BCUT2D eigenvalue weighted by Crippen LogP contribution is -2.44. The summed E-state index contributed by atoms with van der Waals surface area (Å²) in [5.74, 6) is 0.815. The molecule has 2 unspecified atom stereocenters. The Kier molecular flexibility index (Phi) is 6.54. The Morgan fingerprint density at radius 2 is 2.24 bits per heavy atom. The number of nitriles is 1. The Bertz CT molecular complexity index is 249. The molecule has 1 saturated carbocycles. The molecule has 3 heteroatoms. The van der Waals surface area contributed by atoms with Crippen LogP contribution in [-0.4, -0.2) is 23.8 Å². The third kappa shape index (κ3) is 4.65. The van der Waals surface area contributed by atoms with Crippen LogP contribution in [0.3, 0.4) is 0 Å². The van der Waals surface area contributed by atoms with E-state index in [2.05, 4.69) is 18.3 Å². The number of aliphatic hydroxyl groups excluding tert-OH is 1. The monoisotopic (exact) mass is 238 g/mol. The lowest BCUT2D eigenvalue weighted by molar-refractivity contribution is 0.272. The van der Waals surface area contributed by atoms with Crippen LogP contribution in [0.15, 0.2) is 0 Å². The maximum atomic E-state index is 9.41. The summed E-state index contributed by atoms with van der Waals surface area (Å²) in [5, 5.41) is 21.6. The molecule has 0 heterocycles. The minimum atomic E-state index is -0.322. The van der Waals surface area contributed by atoms with E-state index < -0.39 is 0 Å². The van der Waals surface area contributed by atoms with Gasteiger partial charge in [-0.05, 0) is 38.1 Å². The second-order valence-electron chi connectivity index (χ2n) is 5.28. The molecule has 0 spiro atoms. The Morgan fingerprint density at radius 1 is 1.41 bits per heavy atom. The SMILES string of the molecule is CCCC1CCCC(C#N)(NCCCO)CC1. The van der Waals surface area contributed by atoms with Crippen molar-refractivity contribution in [1.82, 2.24) is 5.32 Å². The highest BCUT2D eigenvalue weighted by Crippen LogP contribution is 2.32. The lowest BCUT2D eigenvalue weighted by atomic mass is 9.90. The standard InChI is InChI=1S/C14H26N2O/c1-2-5-13-6-3-8-14(12-15,9-7-13)16-10-4-11-17/h13,16-17H,2-11H2,1H3. The van der Waals surface area contributed by atoms with Gasteiger partial charge in [0.15, 0.2) is 0 Å². The van der Waals surface area contributed by atoms with Crippen LogP contribution in [0.5, 0.6) is 0 Å². The maximum Gasteiger partial charge on any atom is 0.106 e. The van der Waals surface area contributed by atoms with Crippen LogP contribution in [-0.2, 0) is 0 Å². The molecular formula is C14H26N2O. The lowest BCUT2D eigenvalue weighted by Gasteiger charge is -2.26. The Hall–Kier alpha value is -0.590. The average molecular weight is 238 g/mol. The fourth-order valence-electron chi connectivity index (χ4n) is 2.84. The first-order valence-corrected chi connectivity index (χ1v) is 7.03. The Balaban J connectivity index is 2.47. The van der Waals surface area contributed by atoms with E-state index >= 15 is 0 Å². The Labute approximate surface area is 105 Å². The highest BCUT2D eigenvalue weighted by Gasteiger charge is 2.32. The summed E-state index contributed by atoms with van der Waals surface area (Å²) in [7, 11) is 0. The number of rotatable bonds is 6. The average Bonchev–Trinajstić information content (AvgIpc) is 2.54. The van der Waals surface area contributed by atoms with Gasteiger partial charge in [0, 0.05) is 6.61 Å². The van der Waals surface area contributed by atoms with E-state index in [-0.39, 0.29) is 12.1 Å². The fourth-order valence-corrected chi connectivity index (χ4v) is 2.84. The van der Waals surface area contributed by atoms with Crippen LogP contribution in [0.4, 0.5) is 0 Å². The summed E-state index contributed by atoms with van der Waals surface area (Å²) < 4.78 is 0. The van der Waals surface area contributed by atoms with Crippen molar-refractivity contribution in [3.63, 3.8) is 0 Å². The summed E-state index contributed by atoms with van der Waals surface area (Å²) in [5.41, 5.74) is -0.322. The molecule has 2 atom stereocenters. The van der Waals surface area contributed by atoms with Crippen molar-refractivity contribution >= 4 is 0 Å². The van der Waals surface area contributed by atoms with Gasteiger partial charge < -0.3 is 5.11 Å². The van der Waals surface area contributed by atoms with Gasteiger partial charge in [-0.1, -0.05) is 32.6 Å². The van der Waals surface area contributed by atoms with Crippen molar-refractivity contribution in [2.75, 3.05) is 13.2 Å². The van der Waals surface area contributed by atoms with Crippen LogP contribution in [0.2, 0.25) is 0 Å². The van der Waals surface area contributed by atoms with Crippen LogP contribution in [0.1, 0.15) is 58.3 Å². The summed E-state index contributed by atoms with van der Waals surface area (Å²) >= 11 is 0. The molecule has 98 valence electrons. The smallest absolute Gasteiger partial charge is 0.106 e. The van der Waals surface area contributed by atoms with E-state index in [1.807, 2.05) is 0 Å². The predicted octanol–water partition coefficient (Wildman–Crippen LogP) is 2.60. The summed E-state index contributed by atoms with van der Waals surface area (Å²) in [6, 6.07) is 2.49. The maximum absolute atomic E-state index is 9.41. The number of nitrogens with one attached hydrogen (secondary N) is 1. The molecule has 0 radical (unpaired) electrons. The third-order valence-corrected chi connectivity index (χ3v) is 3.90. The quantitative estimate of drug-likeness (QED) is 0.552. The normalized spacial score (nSPS) is 29.6. The van der Waals surface area contributed by atoms with Gasteiger partial charge in [0.1, 0.15) is 5.54 Å². The molecule has 3 nitrogen and oxygen atoms in total. The van der Waals surface area contributed by atoms with Gasteiger partial charge >= 0.3 is 0 Å². The van der Waals surface area contributed by atoms with Crippen molar-refractivity contribution in [3.8, 4) is 6.07 Å². The van der Waals surface area contributed by atoms with E-state index in [1.165, 1.54) is 25.7 Å². The minimum absolute atomic E-state index is 0.201. The first-order valence-electron chi connectivity index (χ1n) is 7.03. The van der Waals surface area contributed by atoms with Crippen LogP contribution in [0.25, 0.3) is 0 Å². The summed E-state index contributed by atoms with van der Waals surface area (Å²) in [6.45, 7) is 3.19.